The van der Waals surface area contributed by atoms with Crippen LogP contribution in [-0.4, -0.2) is 12.1 Å². The third-order valence-corrected chi connectivity index (χ3v) is 4.18. The third kappa shape index (κ3) is 2.66. The molecule has 104 valence electrons. The number of ether oxygens (including phenoxy) is 1. The number of pyridine rings is 1. The van der Waals surface area contributed by atoms with Crippen LogP contribution in [0.5, 0.6) is 5.75 Å². The van der Waals surface area contributed by atoms with E-state index in [1.807, 2.05) is 24.4 Å². The number of fused-ring (bicyclic) bond motifs is 1. The van der Waals surface area contributed by atoms with Crippen LogP contribution in [0.3, 0.4) is 0 Å². The normalized spacial score (nSPS) is 17.4. The molecule has 20 heavy (non-hydrogen) atoms. The van der Waals surface area contributed by atoms with Crippen molar-refractivity contribution in [1.82, 2.24) is 4.98 Å². The Morgan fingerprint density at radius 1 is 1.35 bits per heavy atom. The maximum atomic E-state index is 5.43. The van der Waals surface area contributed by atoms with Crippen molar-refractivity contribution in [2.24, 2.45) is 0 Å². The second-order valence-electron chi connectivity index (χ2n) is 4.98. The number of nitrogens with zero attached hydrogens (tertiary/aromatic N) is 1. The van der Waals surface area contributed by atoms with E-state index in [2.05, 4.69) is 38.4 Å². The molecule has 0 radical (unpaired) electrons. The fraction of sp³-hybridized carbons (Fsp3) is 0.312. The molecule has 0 fully saturated rings. The number of hydrogen-bond donors (Lipinski definition) is 1. The average Bonchev–Trinajstić information content (AvgIpc) is 2.48. The van der Waals surface area contributed by atoms with Crippen LogP contribution in [0, 0.1) is 0 Å². The van der Waals surface area contributed by atoms with Crippen molar-refractivity contribution in [3.8, 4) is 5.75 Å². The molecule has 0 amide bonds. The largest absolute Gasteiger partial charge is 0.495 e. The molecule has 0 bridgehead atoms. The zero-order valence-corrected chi connectivity index (χ0v) is 13.0. The molecule has 1 aliphatic carbocycles. The van der Waals surface area contributed by atoms with Gasteiger partial charge in [0.05, 0.1) is 24.5 Å². The van der Waals surface area contributed by atoms with Gasteiger partial charge in [0.25, 0.3) is 0 Å². The Kier molecular flexibility index (Phi) is 3.92. The summed E-state index contributed by atoms with van der Waals surface area (Å²) in [6.07, 6.45) is 5.28. The van der Waals surface area contributed by atoms with Gasteiger partial charge in [0.15, 0.2) is 0 Å². The number of anilines is 1. The van der Waals surface area contributed by atoms with E-state index in [9.17, 15) is 0 Å². The molecule has 0 saturated heterocycles. The minimum Gasteiger partial charge on any atom is -0.495 e. The number of nitrogens with one attached hydrogen (secondary N) is 1. The highest BCUT2D eigenvalue weighted by Crippen LogP contribution is 2.35. The van der Waals surface area contributed by atoms with E-state index in [0.717, 1.165) is 28.8 Å². The predicted octanol–water partition coefficient (Wildman–Crippen LogP) is 4.34. The van der Waals surface area contributed by atoms with Crippen LogP contribution < -0.4 is 10.1 Å². The Bertz CT molecular complexity index is 615. The Balaban J connectivity index is 1.91. The average molecular weight is 333 g/mol. The summed E-state index contributed by atoms with van der Waals surface area (Å²) in [6, 6.07) is 10.4. The summed E-state index contributed by atoms with van der Waals surface area (Å²) < 4.78 is 6.47. The van der Waals surface area contributed by atoms with E-state index in [1.54, 1.807) is 7.11 Å². The summed E-state index contributed by atoms with van der Waals surface area (Å²) in [6.45, 7) is 0. The van der Waals surface area contributed by atoms with Crippen LogP contribution in [0.4, 0.5) is 5.69 Å². The topological polar surface area (TPSA) is 34.1 Å². The molecular weight excluding hydrogens is 316 g/mol. The molecule has 0 aliphatic heterocycles. The van der Waals surface area contributed by atoms with Crippen molar-refractivity contribution in [2.45, 2.75) is 25.3 Å². The minimum absolute atomic E-state index is 0.253. The van der Waals surface area contributed by atoms with Crippen molar-refractivity contribution >= 4 is 21.6 Å². The van der Waals surface area contributed by atoms with Crippen LogP contribution >= 0.6 is 15.9 Å². The molecule has 1 atom stereocenters. The first-order chi connectivity index (χ1) is 9.78. The Hall–Kier alpha value is -1.55. The van der Waals surface area contributed by atoms with Gasteiger partial charge in [-0.05, 0) is 49.1 Å². The van der Waals surface area contributed by atoms with Gasteiger partial charge < -0.3 is 10.1 Å². The quantitative estimate of drug-likeness (QED) is 0.907. The lowest BCUT2D eigenvalue weighted by atomic mass is 9.92. The van der Waals surface area contributed by atoms with Gasteiger partial charge in [0.1, 0.15) is 5.75 Å². The zero-order chi connectivity index (χ0) is 13.9. The molecule has 0 spiro atoms. The first-order valence-corrected chi connectivity index (χ1v) is 7.61. The van der Waals surface area contributed by atoms with Crippen LogP contribution in [0.25, 0.3) is 0 Å². The maximum Gasteiger partial charge on any atom is 0.142 e. The number of halogens is 1. The van der Waals surface area contributed by atoms with E-state index in [1.165, 1.54) is 17.7 Å². The summed E-state index contributed by atoms with van der Waals surface area (Å²) in [5.41, 5.74) is 3.52. The highest BCUT2D eigenvalue weighted by atomic mass is 79.9. The number of aryl methyl sites for hydroxylation is 1. The second-order valence-corrected chi connectivity index (χ2v) is 5.90. The Labute approximate surface area is 127 Å². The molecule has 2 aromatic rings. The van der Waals surface area contributed by atoms with Crippen molar-refractivity contribution in [2.75, 3.05) is 12.4 Å². The fourth-order valence-electron chi connectivity index (χ4n) is 2.73. The van der Waals surface area contributed by atoms with Crippen LogP contribution in [0.2, 0.25) is 0 Å². The Morgan fingerprint density at radius 3 is 3.10 bits per heavy atom. The minimum atomic E-state index is 0.253. The van der Waals surface area contributed by atoms with Crippen molar-refractivity contribution in [3.05, 3.63) is 52.3 Å². The van der Waals surface area contributed by atoms with Crippen LogP contribution in [-0.2, 0) is 6.42 Å². The maximum absolute atomic E-state index is 5.43. The van der Waals surface area contributed by atoms with E-state index < -0.39 is 0 Å². The van der Waals surface area contributed by atoms with Crippen LogP contribution in [0.1, 0.15) is 30.1 Å². The molecule has 1 heterocycles. The molecule has 1 aromatic carbocycles. The van der Waals surface area contributed by atoms with Gasteiger partial charge in [-0.1, -0.05) is 22.0 Å². The van der Waals surface area contributed by atoms with Gasteiger partial charge >= 0.3 is 0 Å². The van der Waals surface area contributed by atoms with E-state index in [-0.39, 0.29) is 6.04 Å². The highest BCUT2D eigenvalue weighted by molar-refractivity contribution is 9.10. The lowest BCUT2D eigenvalue weighted by Crippen LogP contribution is -2.19. The molecule has 0 saturated carbocycles. The molecule has 4 heteroatoms. The monoisotopic (exact) mass is 332 g/mol. The van der Waals surface area contributed by atoms with E-state index in [0.29, 0.717) is 0 Å². The number of rotatable bonds is 3. The summed E-state index contributed by atoms with van der Waals surface area (Å²) in [4.78, 5) is 4.56. The molecule has 3 rings (SSSR count). The SMILES string of the molecule is COc1ccc(Br)cc1NC1CCCc2cccnc21. The fourth-order valence-corrected chi connectivity index (χ4v) is 3.09. The first-order valence-electron chi connectivity index (χ1n) is 6.82. The van der Waals surface area contributed by atoms with Gasteiger partial charge in [-0.15, -0.1) is 0 Å². The molecular formula is C16H17BrN2O. The van der Waals surface area contributed by atoms with Gasteiger partial charge in [0, 0.05) is 10.7 Å². The summed E-state index contributed by atoms with van der Waals surface area (Å²) in [5.74, 6) is 0.858. The molecule has 1 aromatic heterocycles. The summed E-state index contributed by atoms with van der Waals surface area (Å²) in [7, 11) is 1.70. The number of hydrogen-bond acceptors (Lipinski definition) is 3. The smallest absolute Gasteiger partial charge is 0.142 e. The van der Waals surface area contributed by atoms with Crippen molar-refractivity contribution < 1.29 is 4.74 Å². The third-order valence-electron chi connectivity index (χ3n) is 3.69. The number of benzene rings is 1. The predicted molar refractivity (Wildman–Crippen MR) is 84.2 cm³/mol. The van der Waals surface area contributed by atoms with Gasteiger partial charge in [-0.2, -0.15) is 0 Å². The molecule has 1 N–H and O–H groups in total. The summed E-state index contributed by atoms with van der Waals surface area (Å²) in [5, 5.41) is 3.58. The van der Waals surface area contributed by atoms with Gasteiger partial charge in [-0.3, -0.25) is 4.98 Å². The number of methoxy groups -OCH3 is 1. The van der Waals surface area contributed by atoms with Gasteiger partial charge in [-0.25, -0.2) is 0 Å². The van der Waals surface area contributed by atoms with Crippen molar-refractivity contribution in [1.29, 1.82) is 0 Å². The lowest BCUT2D eigenvalue weighted by Gasteiger charge is -2.26. The molecule has 1 unspecified atom stereocenters. The zero-order valence-electron chi connectivity index (χ0n) is 11.4. The standard InChI is InChI=1S/C16H17BrN2O/c1-20-15-8-7-12(17)10-14(15)19-13-6-2-4-11-5-3-9-18-16(11)13/h3,5,7-10,13,19H,2,4,6H2,1H3. The lowest BCUT2D eigenvalue weighted by molar-refractivity contribution is 0.415. The summed E-state index contributed by atoms with van der Waals surface area (Å²) >= 11 is 3.51. The van der Waals surface area contributed by atoms with Crippen LogP contribution in [0.15, 0.2) is 41.0 Å². The first kappa shape index (κ1) is 13.4. The van der Waals surface area contributed by atoms with Gasteiger partial charge in [0.2, 0.25) is 0 Å². The molecule has 3 nitrogen and oxygen atoms in total. The number of aromatic nitrogens is 1. The second kappa shape index (κ2) is 5.83. The van der Waals surface area contributed by atoms with E-state index in [4.69, 9.17) is 4.74 Å². The highest BCUT2D eigenvalue weighted by Gasteiger charge is 2.22. The molecule has 1 aliphatic rings. The Morgan fingerprint density at radius 2 is 2.25 bits per heavy atom. The van der Waals surface area contributed by atoms with Crippen molar-refractivity contribution in [3.63, 3.8) is 0 Å². The van der Waals surface area contributed by atoms with E-state index >= 15 is 0 Å².